The maximum atomic E-state index is 7.76. The van der Waals surface area contributed by atoms with Gasteiger partial charge in [-0.2, -0.15) is 0 Å². The van der Waals surface area contributed by atoms with E-state index in [0.717, 1.165) is 10.8 Å². The predicted octanol–water partition coefficient (Wildman–Crippen LogP) is 4.41. The average molecular weight is 304 g/mol. The number of pyridine rings is 2. The van der Waals surface area contributed by atoms with E-state index in [1.807, 2.05) is 31.2 Å². The molecule has 3 aromatic rings. The first kappa shape index (κ1) is 14.8. The van der Waals surface area contributed by atoms with E-state index in [-0.39, 0.29) is 0 Å². The third-order valence-corrected chi connectivity index (χ3v) is 3.48. The van der Waals surface area contributed by atoms with Gasteiger partial charge in [0.1, 0.15) is 11.4 Å². The molecular formula is C17H16N6. The third kappa shape index (κ3) is 3.06. The Hall–Kier alpha value is -3.15. The normalized spacial score (nSPS) is 11.2. The number of nitrogens with one attached hydrogen (secondary N) is 1. The zero-order chi connectivity index (χ0) is 16.2. The van der Waals surface area contributed by atoms with Gasteiger partial charge in [0.15, 0.2) is 5.82 Å². The highest BCUT2D eigenvalue weighted by molar-refractivity contribution is 5.96. The van der Waals surface area contributed by atoms with Crippen molar-refractivity contribution in [3.8, 4) is 0 Å². The van der Waals surface area contributed by atoms with Gasteiger partial charge in [0.05, 0.1) is 17.6 Å². The second kappa shape index (κ2) is 6.31. The number of hydrogen-bond donors (Lipinski definition) is 2. The summed E-state index contributed by atoms with van der Waals surface area (Å²) in [6.45, 7) is 1.92. The van der Waals surface area contributed by atoms with Crippen LogP contribution >= 0.6 is 0 Å². The highest BCUT2D eigenvalue weighted by Crippen LogP contribution is 2.31. The van der Waals surface area contributed by atoms with E-state index in [1.165, 1.54) is 0 Å². The van der Waals surface area contributed by atoms with Gasteiger partial charge < -0.3 is 11.1 Å². The fourth-order valence-corrected chi connectivity index (χ4v) is 2.18. The van der Waals surface area contributed by atoms with Crippen LogP contribution in [0.1, 0.15) is 19.0 Å². The number of nitrogens with two attached hydrogens (primary N) is 1. The van der Waals surface area contributed by atoms with Gasteiger partial charge in [0.25, 0.3) is 0 Å². The fourth-order valence-electron chi connectivity index (χ4n) is 2.18. The lowest BCUT2D eigenvalue weighted by atomic mass is 10.1. The Labute approximate surface area is 133 Å². The smallest absolute Gasteiger partial charge is 0.151 e. The molecule has 0 aliphatic rings. The van der Waals surface area contributed by atoms with Crippen molar-refractivity contribution < 1.29 is 0 Å². The summed E-state index contributed by atoms with van der Waals surface area (Å²) in [5.74, 6) is 0.338. The van der Waals surface area contributed by atoms with Crippen LogP contribution in [0.2, 0.25) is 0 Å². The zero-order valence-corrected chi connectivity index (χ0v) is 12.7. The number of azo groups is 1. The zero-order valence-electron chi connectivity index (χ0n) is 12.7. The SMILES string of the molecule is CCC(=N)c1ccc(N=Nc2c(N)ncc3ccccc23)cn1. The van der Waals surface area contributed by atoms with Crippen molar-refractivity contribution in [2.24, 2.45) is 10.2 Å². The minimum atomic E-state index is 0.338. The van der Waals surface area contributed by atoms with Crippen molar-refractivity contribution in [1.29, 1.82) is 5.41 Å². The van der Waals surface area contributed by atoms with E-state index in [0.29, 0.717) is 35.0 Å². The Morgan fingerprint density at radius 1 is 1.09 bits per heavy atom. The summed E-state index contributed by atoms with van der Waals surface area (Å²) in [5.41, 5.74) is 8.22. The van der Waals surface area contributed by atoms with E-state index in [4.69, 9.17) is 11.1 Å². The second-order valence-electron chi connectivity index (χ2n) is 5.01. The predicted molar refractivity (Wildman–Crippen MR) is 91.7 cm³/mol. The Morgan fingerprint density at radius 2 is 1.91 bits per heavy atom. The van der Waals surface area contributed by atoms with Crippen LogP contribution in [0.3, 0.4) is 0 Å². The number of nitrogens with zero attached hydrogens (tertiary/aromatic N) is 4. The first-order chi connectivity index (χ1) is 11.2. The third-order valence-electron chi connectivity index (χ3n) is 3.48. The molecule has 114 valence electrons. The van der Waals surface area contributed by atoms with Gasteiger partial charge in [0, 0.05) is 17.0 Å². The van der Waals surface area contributed by atoms with Crippen molar-refractivity contribution in [1.82, 2.24) is 9.97 Å². The minimum Gasteiger partial charge on any atom is -0.382 e. The summed E-state index contributed by atoms with van der Waals surface area (Å²) < 4.78 is 0. The van der Waals surface area contributed by atoms with Crippen LogP contribution in [-0.2, 0) is 0 Å². The van der Waals surface area contributed by atoms with Gasteiger partial charge in [-0.3, -0.25) is 4.98 Å². The number of hydrogen-bond acceptors (Lipinski definition) is 6. The Morgan fingerprint density at radius 3 is 2.65 bits per heavy atom. The molecule has 0 saturated carbocycles. The summed E-state index contributed by atoms with van der Waals surface area (Å²) in [6, 6.07) is 11.3. The van der Waals surface area contributed by atoms with E-state index in [9.17, 15) is 0 Å². The molecule has 2 aromatic heterocycles. The van der Waals surface area contributed by atoms with Crippen molar-refractivity contribution in [2.75, 3.05) is 5.73 Å². The molecule has 3 N–H and O–H groups in total. The van der Waals surface area contributed by atoms with E-state index in [2.05, 4.69) is 20.2 Å². The molecule has 0 spiro atoms. The number of rotatable bonds is 4. The summed E-state index contributed by atoms with van der Waals surface area (Å²) in [5, 5.41) is 18.1. The molecule has 3 rings (SSSR count). The van der Waals surface area contributed by atoms with Crippen molar-refractivity contribution >= 4 is 33.7 Å². The highest BCUT2D eigenvalue weighted by Gasteiger charge is 2.06. The summed E-state index contributed by atoms with van der Waals surface area (Å²) in [6.07, 6.45) is 3.96. The van der Waals surface area contributed by atoms with Crippen LogP contribution in [0.15, 0.2) is 59.0 Å². The van der Waals surface area contributed by atoms with Gasteiger partial charge in [-0.15, -0.1) is 10.2 Å². The van der Waals surface area contributed by atoms with Gasteiger partial charge in [-0.25, -0.2) is 4.98 Å². The van der Waals surface area contributed by atoms with Crippen LogP contribution in [0, 0.1) is 5.41 Å². The highest BCUT2D eigenvalue weighted by atomic mass is 15.1. The Kier molecular flexibility index (Phi) is 4.05. The second-order valence-corrected chi connectivity index (χ2v) is 5.01. The molecule has 0 aliphatic carbocycles. The molecule has 2 heterocycles. The fraction of sp³-hybridized carbons (Fsp3) is 0.118. The van der Waals surface area contributed by atoms with Gasteiger partial charge in [-0.1, -0.05) is 31.2 Å². The molecule has 0 unspecified atom stereocenters. The van der Waals surface area contributed by atoms with Crippen molar-refractivity contribution in [3.05, 3.63) is 54.5 Å². The summed E-state index contributed by atoms with van der Waals surface area (Å²) >= 11 is 0. The Bertz CT molecular complexity index is 883. The van der Waals surface area contributed by atoms with Crippen molar-refractivity contribution in [3.63, 3.8) is 0 Å². The number of fused-ring (bicyclic) bond motifs is 1. The lowest BCUT2D eigenvalue weighted by Gasteiger charge is -2.03. The largest absolute Gasteiger partial charge is 0.382 e. The topological polar surface area (TPSA) is 100 Å². The lowest BCUT2D eigenvalue weighted by Crippen LogP contribution is -1.98. The first-order valence-electron chi connectivity index (χ1n) is 7.28. The summed E-state index contributed by atoms with van der Waals surface area (Å²) in [7, 11) is 0. The van der Waals surface area contributed by atoms with Gasteiger partial charge in [-0.05, 0) is 18.6 Å². The molecule has 0 bridgehead atoms. The average Bonchev–Trinajstić information content (AvgIpc) is 2.60. The minimum absolute atomic E-state index is 0.338. The number of aromatic nitrogens is 2. The lowest BCUT2D eigenvalue weighted by molar-refractivity contribution is 1.16. The van der Waals surface area contributed by atoms with Crippen LogP contribution in [0.5, 0.6) is 0 Å². The van der Waals surface area contributed by atoms with Gasteiger partial charge >= 0.3 is 0 Å². The molecular weight excluding hydrogens is 288 g/mol. The van der Waals surface area contributed by atoms with Gasteiger partial charge in [0.2, 0.25) is 0 Å². The molecule has 0 fully saturated rings. The number of nitrogen functional groups attached to an aromatic ring is 1. The molecule has 0 radical (unpaired) electrons. The van der Waals surface area contributed by atoms with Crippen molar-refractivity contribution in [2.45, 2.75) is 13.3 Å². The van der Waals surface area contributed by atoms with E-state index in [1.54, 1.807) is 24.5 Å². The van der Waals surface area contributed by atoms with E-state index < -0.39 is 0 Å². The first-order valence-corrected chi connectivity index (χ1v) is 7.28. The maximum Gasteiger partial charge on any atom is 0.151 e. The van der Waals surface area contributed by atoms with E-state index >= 15 is 0 Å². The number of benzene rings is 1. The van der Waals surface area contributed by atoms with Crippen LogP contribution in [0.4, 0.5) is 17.2 Å². The number of anilines is 1. The molecule has 1 aromatic carbocycles. The van der Waals surface area contributed by atoms with Crippen LogP contribution < -0.4 is 5.73 Å². The quantitative estimate of drug-likeness (QED) is 0.551. The molecule has 0 aliphatic heterocycles. The molecule has 23 heavy (non-hydrogen) atoms. The maximum absolute atomic E-state index is 7.76. The molecule has 6 nitrogen and oxygen atoms in total. The molecule has 6 heteroatoms. The monoisotopic (exact) mass is 304 g/mol. The van der Waals surface area contributed by atoms with Crippen LogP contribution in [-0.4, -0.2) is 15.7 Å². The molecule has 0 amide bonds. The Balaban J connectivity index is 1.94. The summed E-state index contributed by atoms with van der Waals surface area (Å²) in [4.78, 5) is 8.37. The molecule has 0 atom stereocenters. The molecule has 0 saturated heterocycles. The standard InChI is InChI=1S/C17H16N6/c1-2-14(18)15-8-7-12(10-20-15)22-23-16-13-6-4-3-5-11(13)9-21-17(16)19/h3-10,18H,2H2,1H3,(H2,19,21). The van der Waals surface area contributed by atoms with Crippen LogP contribution in [0.25, 0.3) is 10.8 Å².